The normalized spacial score (nSPS) is 28.4. The maximum atomic E-state index is 5.48. The summed E-state index contributed by atoms with van der Waals surface area (Å²) >= 11 is 0. The van der Waals surface area contributed by atoms with E-state index in [4.69, 9.17) is 9.72 Å². The molecule has 2 unspecified atom stereocenters. The van der Waals surface area contributed by atoms with Crippen molar-refractivity contribution < 1.29 is 4.74 Å². The van der Waals surface area contributed by atoms with Gasteiger partial charge in [-0.1, -0.05) is 0 Å². The van der Waals surface area contributed by atoms with Crippen molar-refractivity contribution in [3.8, 4) is 0 Å². The second-order valence-electron chi connectivity index (χ2n) is 5.17. The second-order valence-corrected chi connectivity index (χ2v) is 5.17. The molecule has 17 heavy (non-hydrogen) atoms. The van der Waals surface area contributed by atoms with Gasteiger partial charge in [0, 0.05) is 38.4 Å². The zero-order chi connectivity index (χ0) is 11.8. The molecule has 2 atom stereocenters. The number of hydrogen-bond donors (Lipinski definition) is 1. The Hall–Kier alpha value is -0.870. The molecule has 94 valence electrons. The van der Waals surface area contributed by atoms with Gasteiger partial charge in [-0.3, -0.25) is 0 Å². The molecule has 0 aromatic carbocycles. The van der Waals surface area contributed by atoms with Crippen molar-refractivity contribution in [3.05, 3.63) is 17.2 Å². The highest BCUT2D eigenvalue weighted by Crippen LogP contribution is 2.34. The molecule has 2 heterocycles. The minimum atomic E-state index is 0.444. The number of aromatic nitrogens is 2. The van der Waals surface area contributed by atoms with Crippen molar-refractivity contribution in [3.63, 3.8) is 0 Å². The van der Waals surface area contributed by atoms with Gasteiger partial charge in [0.2, 0.25) is 0 Å². The Labute approximate surface area is 102 Å². The van der Waals surface area contributed by atoms with Crippen LogP contribution < -0.4 is 5.32 Å². The maximum absolute atomic E-state index is 5.48. The van der Waals surface area contributed by atoms with Crippen molar-refractivity contribution in [2.45, 2.75) is 51.3 Å². The molecule has 1 aromatic heterocycles. The van der Waals surface area contributed by atoms with Crippen LogP contribution in [0.2, 0.25) is 0 Å². The van der Waals surface area contributed by atoms with E-state index < -0.39 is 0 Å². The summed E-state index contributed by atoms with van der Waals surface area (Å²) in [5, 5.41) is 3.39. The Morgan fingerprint density at radius 3 is 3.06 bits per heavy atom. The zero-order valence-corrected chi connectivity index (χ0v) is 10.7. The third-order valence-corrected chi connectivity index (χ3v) is 4.16. The highest BCUT2D eigenvalue weighted by molar-refractivity contribution is 5.21. The van der Waals surface area contributed by atoms with Crippen LogP contribution in [0.15, 0.2) is 0 Å². The first kappa shape index (κ1) is 11.2. The average Bonchev–Trinajstić information content (AvgIpc) is 2.91. The van der Waals surface area contributed by atoms with Crippen LogP contribution in [-0.2, 0) is 17.7 Å². The van der Waals surface area contributed by atoms with Crippen molar-refractivity contribution in [1.82, 2.24) is 14.9 Å². The summed E-state index contributed by atoms with van der Waals surface area (Å²) in [4.78, 5) is 4.71. The van der Waals surface area contributed by atoms with Gasteiger partial charge in [0.1, 0.15) is 5.82 Å². The van der Waals surface area contributed by atoms with Crippen molar-refractivity contribution in [1.29, 1.82) is 0 Å². The molecule has 0 saturated heterocycles. The highest BCUT2D eigenvalue weighted by atomic mass is 16.5. The molecule has 0 radical (unpaired) electrons. The summed E-state index contributed by atoms with van der Waals surface area (Å²) in [6.45, 7) is 4.15. The van der Waals surface area contributed by atoms with E-state index in [1.54, 1.807) is 0 Å². The summed E-state index contributed by atoms with van der Waals surface area (Å²) < 4.78 is 7.96. The molecule has 0 bridgehead atoms. The lowest BCUT2D eigenvalue weighted by atomic mass is 10.1. The summed E-state index contributed by atoms with van der Waals surface area (Å²) in [6.07, 6.45) is 5.12. The van der Waals surface area contributed by atoms with Crippen molar-refractivity contribution in [2.75, 3.05) is 13.7 Å². The molecule has 1 aliphatic carbocycles. The molecule has 3 rings (SSSR count). The molecule has 0 amide bonds. The lowest BCUT2D eigenvalue weighted by molar-refractivity contribution is 0.105. The first-order valence-corrected chi connectivity index (χ1v) is 6.59. The Morgan fingerprint density at radius 2 is 2.29 bits per heavy atom. The summed E-state index contributed by atoms with van der Waals surface area (Å²) in [5.74, 6) is 1.18. The monoisotopic (exact) mass is 235 g/mol. The fraction of sp³-hybridized carbons (Fsp3) is 0.769. The maximum Gasteiger partial charge on any atom is 0.106 e. The number of hydrogen-bond acceptors (Lipinski definition) is 3. The minimum absolute atomic E-state index is 0.444. The Bertz CT molecular complexity index is 413. The Kier molecular flexibility index (Phi) is 2.92. The molecule has 1 N–H and O–H groups in total. The van der Waals surface area contributed by atoms with E-state index in [-0.39, 0.29) is 0 Å². The summed E-state index contributed by atoms with van der Waals surface area (Å²) in [7, 11) is 1.83. The van der Waals surface area contributed by atoms with Gasteiger partial charge in [-0.15, -0.1) is 0 Å². The largest absolute Gasteiger partial charge is 0.381 e. The van der Waals surface area contributed by atoms with E-state index in [1.165, 1.54) is 30.1 Å². The first-order chi connectivity index (χ1) is 8.29. The van der Waals surface area contributed by atoms with E-state index in [0.29, 0.717) is 12.1 Å². The van der Waals surface area contributed by atoms with Gasteiger partial charge >= 0.3 is 0 Å². The van der Waals surface area contributed by atoms with Gasteiger partial charge in [0.15, 0.2) is 0 Å². The molecule has 1 aliphatic heterocycles. The third-order valence-electron chi connectivity index (χ3n) is 4.16. The van der Waals surface area contributed by atoms with Gasteiger partial charge in [0.05, 0.1) is 11.8 Å². The van der Waals surface area contributed by atoms with Crippen LogP contribution in [-0.4, -0.2) is 29.3 Å². The fourth-order valence-corrected chi connectivity index (χ4v) is 3.32. The number of imidazole rings is 1. The number of nitrogens with zero attached hydrogens (tertiary/aromatic N) is 2. The van der Waals surface area contributed by atoms with E-state index >= 15 is 0 Å². The van der Waals surface area contributed by atoms with Crippen LogP contribution in [0.3, 0.4) is 0 Å². The number of rotatable bonds is 2. The minimum Gasteiger partial charge on any atom is -0.381 e. The van der Waals surface area contributed by atoms with Crippen LogP contribution in [0.5, 0.6) is 0 Å². The summed E-state index contributed by atoms with van der Waals surface area (Å²) in [5.41, 5.74) is 2.72. The van der Waals surface area contributed by atoms with Crippen LogP contribution in [0.25, 0.3) is 0 Å². The predicted octanol–water partition coefficient (Wildman–Crippen LogP) is 1.58. The van der Waals surface area contributed by atoms with E-state index in [2.05, 4.69) is 16.8 Å². The number of methoxy groups -OCH3 is 1. The van der Waals surface area contributed by atoms with Gasteiger partial charge in [-0.2, -0.15) is 0 Å². The van der Waals surface area contributed by atoms with E-state index in [0.717, 1.165) is 25.9 Å². The molecule has 2 aliphatic rings. The average molecular weight is 235 g/mol. The molecule has 1 aromatic rings. The van der Waals surface area contributed by atoms with E-state index in [1.807, 2.05) is 7.11 Å². The van der Waals surface area contributed by atoms with E-state index in [9.17, 15) is 0 Å². The number of nitrogens with one attached hydrogen (secondary N) is 1. The molecule has 1 saturated carbocycles. The van der Waals surface area contributed by atoms with Crippen molar-refractivity contribution in [2.24, 2.45) is 0 Å². The Balaban J connectivity index is 1.90. The second kappa shape index (κ2) is 4.42. The standard InChI is InChI=1S/C13H21N3O/c1-9-15-12-8-14-6-5-13(12)16(9)10-3-4-11(7-10)17-2/h10-11,14H,3-8H2,1-2H3. The first-order valence-electron chi connectivity index (χ1n) is 6.59. The Morgan fingerprint density at radius 1 is 1.41 bits per heavy atom. The molecule has 0 spiro atoms. The predicted molar refractivity (Wildman–Crippen MR) is 66.1 cm³/mol. The quantitative estimate of drug-likeness (QED) is 0.846. The van der Waals surface area contributed by atoms with Crippen LogP contribution in [0.1, 0.15) is 42.5 Å². The highest BCUT2D eigenvalue weighted by Gasteiger charge is 2.30. The SMILES string of the molecule is COC1CCC(n2c(C)nc3c2CCNC3)C1. The van der Waals surface area contributed by atoms with Gasteiger partial charge in [0.25, 0.3) is 0 Å². The van der Waals surface area contributed by atoms with Crippen LogP contribution in [0, 0.1) is 6.92 Å². The lowest BCUT2D eigenvalue weighted by Gasteiger charge is -2.20. The topological polar surface area (TPSA) is 39.1 Å². The number of fused-ring (bicyclic) bond motifs is 1. The molecule has 4 heteroatoms. The number of ether oxygens (including phenoxy) is 1. The summed E-state index contributed by atoms with van der Waals surface area (Å²) in [6, 6.07) is 0.606. The number of aryl methyl sites for hydroxylation is 1. The zero-order valence-electron chi connectivity index (χ0n) is 10.7. The van der Waals surface area contributed by atoms with Crippen LogP contribution >= 0.6 is 0 Å². The molecular weight excluding hydrogens is 214 g/mol. The van der Waals surface area contributed by atoms with Gasteiger partial charge in [-0.25, -0.2) is 4.98 Å². The van der Waals surface area contributed by atoms with Crippen LogP contribution in [0.4, 0.5) is 0 Å². The fourth-order valence-electron chi connectivity index (χ4n) is 3.32. The van der Waals surface area contributed by atoms with Gasteiger partial charge in [-0.05, 0) is 26.2 Å². The van der Waals surface area contributed by atoms with Crippen molar-refractivity contribution >= 4 is 0 Å². The van der Waals surface area contributed by atoms with Gasteiger partial charge < -0.3 is 14.6 Å². The molecular formula is C13H21N3O. The molecule has 1 fully saturated rings. The lowest BCUT2D eigenvalue weighted by Crippen LogP contribution is -2.26. The smallest absolute Gasteiger partial charge is 0.106 e. The molecule has 4 nitrogen and oxygen atoms in total. The third kappa shape index (κ3) is 1.89.